The van der Waals surface area contributed by atoms with Gasteiger partial charge in [-0.05, 0) is 22.8 Å². The molecular formula is C18H16O2. The summed E-state index contributed by atoms with van der Waals surface area (Å²) in [6, 6.07) is 14.1. The largest absolute Gasteiger partial charge is 0.423 e. The molecule has 0 radical (unpaired) electrons. The van der Waals surface area contributed by atoms with Gasteiger partial charge in [0.15, 0.2) is 0 Å². The number of hydrogen-bond acceptors (Lipinski definition) is 2. The maximum atomic E-state index is 11.3. The molecule has 100 valence electrons. The number of carbonyl (C=O) groups excluding carboxylic acids is 1. The van der Waals surface area contributed by atoms with Gasteiger partial charge in [0.2, 0.25) is 0 Å². The molecule has 0 saturated heterocycles. The van der Waals surface area contributed by atoms with Gasteiger partial charge in [-0.15, -0.1) is 13.2 Å². The molecule has 1 aliphatic rings. The van der Waals surface area contributed by atoms with Crippen LogP contribution in [0.25, 0.3) is 11.1 Å². The van der Waals surface area contributed by atoms with E-state index in [0.29, 0.717) is 5.75 Å². The first-order valence-corrected chi connectivity index (χ1v) is 6.34. The maximum Gasteiger partial charge on any atom is 0.335 e. The van der Waals surface area contributed by atoms with E-state index in [1.807, 2.05) is 24.3 Å². The Hall–Kier alpha value is -2.61. The zero-order valence-corrected chi connectivity index (χ0v) is 11.3. The van der Waals surface area contributed by atoms with Crippen LogP contribution in [0.5, 0.6) is 5.75 Å². The molecule has 0 aliphatic heterocycles. The van der Waals surface area contributed by atoms with Crippen molar-refractivity contribution in [3.8, 4) is 16.9 Å². The number of rotatable bonds is 2. The third kappa shape index (κ3) is 2.41. The molecule has 2 aromatic carbocycles. The molecule has 3 rings (SSSR count). The van der Waals surface area contributed by atoms with Gasteiger partial charge in [0, 0.05) is 18.1 Å². The summed E-state index contributed by atoms with van der Waals surface area (Å²) < 4.78 is 5.28. The van der Waals surface area contributed by atoms with Crippen LogP contribution >= 0.6 is 0 Å². The summed E-state index contributed by atoms with van der Waals surface area (Å²) in [5, 5.41) is 0. The van der Waals surface area contributed by atoms with Gasteiger partial charge in [-0.1, -0.05) is 43.0 Å². The first-order valence-electron chi connectivity index (χ1n) is 6.34. The molecular weight excluding hydrogens is 248 g/mol. The molecule has 20 heavy (non-hydrogen) atoms. The molecule has 0 amide bonds. The number of ether oxygens (including phenoxy) is 1. The lowest BCUT2D eigenvalue weighted by atomic mass is 10.1. The summed E-state index contributed by atoms with van der Waals surface area (Å²) in [6.07, 6.45) is 1.99. The molecule has 2 aromatic rings. The Labute approximate surface area is 119 Å². The Morgan fingerprint density at radius 3 is 2.50 bits per heavy atom. The molecule has 0 fully saturated rings. The molecule has 0 unspecified atom stereocenters. The fraction of sp³-hybridized carbons (Fsp3) is 0.0556. The highest BCUT2D eigenvalue weighted by Gasteiger charge is 2.21. The maximum absolute atomic E-state index is 11.3. The standard InChI is InChI=1S/C16H12O2.C2H4/c1-2-16(17)18-15-9-5-8-13-12-7-4-3-6-11(12)10-14(13)15;1-2/h2-9H,1,10H2;1-2H2. The number of hydrogen-bond donors (Lipinski definition) is 0. The summed E-state index contributed by atoms with van der Waals surface area (Å²) in [4.78, 5) is 11.3. The van der Waals surface area contributed by atoms with E-state index in [1.165, 1.54) is 17.2 Å². The number of esters is 1. The lowest BCUT2D eigenvalue weighted by Crippen LogP contribution is -2.04. The van der Waals surface area contributed by atoms with Crippen molar-refractivity contribution in [2.45, 2.75) is 6.42 Å². The average molecular weight is 264 g/mol. The van der Waals surface area contributed by atoms with Crippen LogP contribution in [0.15, 0.2) is 68.3 Å². The SMILES string of the molecule is C=C.C=CC(=O)Oc1cccc2c1Cc1ccccc1-2. The molecule has 0 aromatic heterocycles. The second-order valence-corrected chi connectivity index (χ2v) is 4.24. The summed E-state index contributed by atoms with van der Waals surface area (Å²) in [5.74, 6) is 0.216. The van der Waals surface area contributed by atoms with Gasteiger partial charge in [-0.25, -0.2) is 4.79 Å². The lowest BCUT2D eigenvalue weighted by molar-refractivity contribution is -0.129. The smallest absolute Gasteiger partial charge is 0.335 e. The highest BCUT2D eigenvalue weighted by atomic mass is 16.5. The highest BCUT2D eigenvalue weighted by Crippen LogP contribution is 2.40. The van der Waals surface area contributed by atoms with Crippen molar-refractivity contribution in [3.05, 3.63) is 79.4 Å². The summed E-state index contributed by atoms with van der Waals surface area (Å²) in [6.45, 7) is 9.42. The highest BCUT2D eigenvalue weighted by molar-refractivity contribution is 5.85. The van der Waals surface area contributed by atoms with Gasteiger partial charge in [-0.3, -0.25) is 0 Å². The van der Waals surface area contributed by atoms with E-state index in [-0.39, 0.29) is 0 Å². The Bertz CT molecular complexity index is 656. The van der Waals surface area contributed by atoms with Crippen LogP contribution in [-0.4, -0.2) is 5.97 Å². The van der Waals surface area contributed by atoms with E-state index < -0.39 is 5.97 Å². The van der Waals surface area contributed by atoms with Crippen molar-refractivity contribution in [2.75, 3.05) is 0 Å². The minimum absolute atomic E-state index is 0.417. The minimum atomic E-state index is -0.417. The zero-order valence-electron chi connectivity index (χ0n) is 11.3. The molecule has 0 N–H and O–H groups in total. The molecule has 1 aliphatic carbocycles. The van der Waals surface area contributed by atoms with Crippen LogP contribution < -0.4 is 4.74 Å². The molecule has 0 heterocycles. The van der Waals surface area contributed by atoms with Crippen molar-refractivity contribution < 1.29 is 9.53 Å². The second kappa shape index (κ2) is 6.02. The van der Waals surface area contributed by atoms with Crippen molar-refractivity contribution >= 4 is 5.97 Å². The lowest BCUT2D eigenvalue weighted by Gasteiger charge is -2.07. The van der Waals surface area contributed by atoms with Gasteiger partial charge >= 0.3 is 5.97 Å². The molecule has 2 nitrogen and oxygen atoms in total. The predicted octanol–water partition coefficient (Wildman–Crippen LogP) is 4.15. The van der Waals surface area contributed by atoms with E-state index in [2.05, 4.69) is 37.9 Å². The first-order chi connectivity index (χ1) is 9.79. The fourth-order valence-corrected chi connectivity index (χ4v) is 2.37. The molecule has 0 atom stereocenters. The molecule has 0 bridgehead atoms. The van der Waals surface area contributed by atoms with Crippen molar-refractivity contribution in [1.29, 1.82) is 0 Å². The van der Waals surface area contributed by atoms with E-state index in [0.717, 1.165) is 17.5 Å². The van der Waals surface area contributed by atoms with Crippen LogP contribution in [-0.2, 0) is 11.2 Å². The van der Waals surface area contributed by atoms with E-state index in [1.54, 1.807) is 0 Å². The van der Waals surface area contributed by atoms with Crippen molar-refractivity contribution in [1.82, 2.24) is 0 Å². The van der Waals surface area contributed by atoms with Crippen molar-refractivity contribution in [2.24, 2.45) is 0 Å². The first kappa shape index (κ1) is 13.8. The van der Waals surface area contributed by atoms with Crippen LogP contribution in [0.2, 0.25) is 0 Å². The van der Waals surface area contributed by atoms with Gasteiger partial charge < -0.3 is 4.74 Å². The Morgan fingerprint density at radius 1 is 1.05 bits per heavy atom. The Morgan fingerprint density at radius 2 is 1.75 bits per heavy atom. The van der Waals surface area contributed by atoms with Crippen LogP contribution in [0, 0.1) is 0 Å². The van der Waals surface area contributed by atoms with Crippen LogP contribution in [0.4, 0.5) is 0 Å². The number of benzene rings is 2. The predicted molar refractivity (Wildman–Crippen MR) is 81.8 cm³/mol. The third-order valence-corrected chi connectivity index (χ3v) is 3.19. The van der Waals surface area contributed by atoms with Crippen LogP contribution in [0.1, 0.15) is 11.1 Å². The second-order valence-electron chi connectivity index (χ2n) is 4.24. The number of fused-ring (bicyclic) bond motifs is 3. The monoisotopic (exact) mass is 264 g/mol. The van der Waals surface area contributed by atoms with E-state index in [4.69, 9.17) is 4.74 Å². The fourth-order valence-electron chi connectivity index (χ4n) is 2.37. The summed E-state index contributed by atoms with van der Waals surface area (Å²) in [5.41, 5.74) is 4.73. The van der Waals surface area contributed by atoms with Crippen LogP contribution in [0.3, 0.4) is 0 Å². The Balaban J connectivity index is 0.000000704. The normalized spacial score (nSPS) is 10.6. The molecule has 0 spiro atoms. The number of carbonyl (C=O) groups is 1. The van der Waals surface area contributed by atoms with Gasteiger partial charge in [-0.2, -0.15) is 0 Å². The average Bonchev–Trinajstić information content (AvgIpc) is 2.89. The quantitative estimate of drug-likeness (QED) is 0.301. The molecule has 2 heteroatoms. The summed E-state index contributed by atoms with van der Waals surface area (Å²) in [7, 11) is 0. The van der Waals surface area contributed by atoms with E-state index in [9.17, 15) is 4.79 Å². The van der Waals surface area contributed by atoms with Gasteiger partial charge in [0.05, 0.1) is 0 Å². The summed E-state index contributed by atoms with van der Waals surface area (Å²) >= 11 is 0. The van der Waals surface area contributed by atoms with E-state index >= 15 is 0 Å². The minimum Gasteiger partial charge on any atom is -0.423 e. The van der Waals surface area contributed by atoms with Gasteiger partial charge in [0.25, 0.3) is 0 Å². The van der Waals surface area contributed by atoms with Gasteiger partial charge in [0.1, 0.15) is 5.75 Å². The Kier molecular flexibility index (Phi) is 4.16. The zero-order chi connectivity index (χ0) is 14.5. The topological polar surface area (TPSA) is 26.3 Å². The van der Waals surface area contributed by atoms with Crippen molar-refractivity contribution in [3.63, 3.8) is 0 Å². The third-order valence-electron chi connectivity index (χ3n) is 3.19. The molecule has 0 saturated carbocycles.